The van der Waals surface area contributed by atoms with Gasteiger partial charge in [0.2, 0.25) is 0 Å². The highest BCUT2D eigenvalue weighted by atomic mass is 16.2. The average Bonchev–Trinajstić information content (AvgIpc) is 2.47. The lowest BCUT2D eigenvalue weighted by atomic mass is 9.75. The molecule has 0 bridgehead atoms. The van der Waals surface area contributed by atoms with E-state index in [9.17, 15) is 14.4 Å². The second-order valence-electron chi connectivity index (χ2n) is 7.93. The molecule has 1 aromatic heterocycles. The smallest absolute Gasteiger partial charge is 0.261 e. The van der Waals surface area contributed by atoms with E-state index in [1.165, 1.54) is 6.07 Å². The van der Waals surface area contributed by atoms with Crippen LogP contribution in [0, 0.1) is 5.41 Å². The topological polar surface area (TPSA) is 105 Å². The van der Waals surface area contributed by atoms with Gasteiger partial charge in [0.15, 0.2) is 5.78 Å². The van der Waals surface area contributed by atoms with Crippen molar-refractivity contribution >= 4 is 11.7 Å². The van der Waals surface area contributed by atoms with Crippen molar-refractivity contribution in [3.05, 3.63) is 33.2 Å². The van der Waals surface area contributed by atoms with Gasteiger partial charge in [0.1, 0.15) is 5.56 Å². The minimum Gasteiger partial charge on any atom is -0.349 e. The Kier molecular flexibility index (Phi) is 4.34. The Labute approximate surface area is 141 Å². The Morgan fingerprint density at radius 2 is 1.88 bits per heavy atom. The molecule has 1 heterocycles. The number of pyridine rings is 1. The summed E-state index contributed by atoms with van der Waals surface area (Å²) in [4.78, 5) is 39.9. The van der Waals surface area contributed by atoms with Crippen LogP contribution in [-0.2, 0) is 6.42 Å². The predicted octanol–water partition coefficient (Wildman–Crippen LogP) is 1.53. The zero-order chi connectivity index (χ0) is 17.5. The lowest BCUT2D eigenvalue weighted by molar-refractivity contribution is 0.0910. The summed E-state index contributed by atoms with van der Waals surface area (Å²) in [5.41, 5.74) is 6.42. The molecular formula is C18H25N3O3. The van der Waals surface area contributed by atoms with E-state index in [2.05, 4.69) is 10.3 Å². The number of amides is 1. The number of carbonyl (C=O) groups excluding carboxylic acids is 2. The number of aromatic amines is 1. The number of Topliss-reactive ketones (excluding diaryl/α,β-unsaturated/α-hetero) is 1. The third-order valence-electron chi connectivity index (χ3n) is 5.07. The Hall–Kier alpha value is -1.95. The number of nitrogens with one attached hydrogen (secondary N) is 2. The fourth-order valence-corrected chi connectivity index (χ4v) is 3.72. The predicted molar refractivity (Wildman–Crippen MR) is 91.2 cm³/mol. The van der Waals surface area contributed by atoms with Gasteiger partial charge >= 0.3 is 0 Å². The van der Waals surface area contributed by atoms with Crippen LogP contribution in [0.3, 0.4) is 0 Å². The van der Waals surface area contributed by atoms with Gasteiger partial charge in [-0.15, -0.1) is 0 Å². The Morgan fingerprint density at radius 3 is 2.54 bits per heavy atom. The number of nitrogens with two attached hydrogens (primary N) is 1. The molecule has 0 aliphatic heterocycles. The molecule has 6 heteroatoms. The maximum atomic E-state index is 12.5. The van der Waals surface area contributed by atoms with E-state index in [0.29, 0.717) is 24.1 Å². The third-order valence-corrected chi connectivity index (χ3v) is 5.07. The molecule has 1 saturated carbocycles. The van der Waals surface area contributed by atoms with E-state index in [1.54, 1.807) is 0 Å². The van der Waals surface area contributed by atoms with Gasteiger partial charge in [0.05, 0.1) is 0 Å². The van der Waals surface area contributed by atoms with Crippen LogP contribution in [0.4, 0.5) is 0 Å². The largest absolute Gasteiger partial charge is 0.349 e. The van der Waals surface area contributed by atoms with Crippen LogP contribution in [0.2, 0.25) is 0 Å². The maximum Gasteiger partial charge on any atom is 0.261 e. The van der Waals surface area contributed by atoms with Crippen LogP contribution < -0.4 is 16.6 Å². The maximum absolute atomic E-state index is 12.5. The fraction of sp³-hybridized carbons (Fsp3) is 0.611. The second-order valence-corrected chi connectivity index (χ2v) is 7.93. The first kappa shape index (κ1) is 16.9. The highest BCUT2D eigenvalue weighted by Gasteiger charge is 2.33. The molecule has 24 heavy (non-hydrogen) atoms. The number of fused-ring (bicyclic) bond motifs is 1. The zero-order valence-electron chi connectivity index (χ0n) is 14.3. The molecule has 0 saturated heterocycles. The molecule has 6 nitrogen and oxygen atoms in total. The number of carbonyl (C=O) groups is 2. The number of ketones is 1. The number of rotatable bonds is 2. The minimum absolute atomic E-state index is 0.0183. The summed E-state index contributed by atoms with van der Waals surface area (Å²) in [6, 6.07) is 1.71. The van der Waals surface area contributed by atoms with Gasteiger partial charge < -0.3 is 16.0 Å². The summed E-state index contributed by atoms with van der Waals surface area (Å²) in [6.07, 6.45) is 4.45. The van der Waals surface area contributed by atoms with Crippen molar-refractivity contribution in [3.63, 3.8) is 0 Å². The molecule has 4 N–H and O–H groups in total. The summed E-state index contributed by atoms with van der Waals surface area (Å²) in [7, 11) is 0. The van der Waals surface area contributed by atoms with Gasteiger partial charge in [-0.25, -0.2) is 0 Å². The quantitative estimate of drug-likeness (QED) is 0.764. The van der Waals surface area contributed by atoms with Crippen molar-refractivity contribution in [2.75, 3.05) is 0 Å². The Bertz CT molecular complexity index is 728. The van der Waals surface area contributed by atoms with Crippen LogP contribution >= 0.6 is 0 Å². The number of aromatic nitrogens is 1. The van der Waals surface area contributed by atoms with E-state index in [-0.39, 0.29) is 28.8 Å². The molecule has 3 rings (SSSR count). The molecule has 2 aliphatic rings. The van der Waals surface area contributed by atoms with Crippen LogP contribution in [0.15, 0.2) is 10.9 Å². The van der Waals surface area contributed by atoms with E-state index in [4.69, 9.17) is 5.73 Å². The molecule has 1 amide bonds. The Balaban J connectivity index is 1.82. The summed E-state index contributed by atoms with van der Waals surface area (Å²) in [5.74, 6) is -0.424. The SMILES string of the molecule is CC1(C)CC(=O)c2cc(C(=O)NC3CCC(N)CC3)c(=O)[nH]c2C1. The molecule has 1 fully saturated rings. The minimum atomic E-state index is -0.427. The fourth-order valence-electron chi connectivity index (χ4n) is 3.72. The zero-order valence-corrected chi connectivity index (χ0v) is 14.3. The molecular weight excluding hydrogens is 306 g/mol. The monoisotopic (exact) mass is 331 g/mol. The van der Waals surface area contributed by atoms with Crippen molar-refractivity contribution in [2.45, 2.75) is 64.5 Å². The van der Waals surface area contributed by atoms with Crippen molar-refractivity contribution in [1.29, 1.82) is 0 Å². The van der Waals surface area contributed by atoms with Gasteiger partial charge in [-0.3, -0.25) is 14.4 Å². The second kappa shape index (κ2) is 6.16. The molecule has 2 aliphatic carbocycles. The van der Waals surface area contributed by atoms with Crippen molar-refractivity contribution in [1.82, 2.24) is 10.3 Å². The first-order valence-corrected chi connectivity index (χ1v) is 8.61. The molecule has 130 valence electrons. The van der Waals surface area contributed by atoms with Gasteiger partial charge in [-0.05, 0) is 43.6 Å². The number of H-pyrrole nitrogens is 1. The molecule has 0 atom stereocenters. The van der Waals surface area contributed by atoms with E-state index >= 15 is 0 Å². The van der Waals surface area contributed by atoms with Gasteiger partial charge in [0, 0.05) is 29.8 Å². The summed E-state index contributed by atoms with van der Waals surface area (Å²) >= 11 is 0. The van der Waals surface area contributed by atoms with Crippen molar-refractivity contribution in [3.8, 4) is 0 Å². The van der Waals surface area contributed by atoms with E-state index < -0.39 is 11.5 Å². The first-order chi connectivity index (χ1) is 11.2. The molecule has 0 radical (unpaired) electrons. The van der Waals surface area contributed by atoms with Crippen LogP contribution in [0.25, 0.3) is 0 Å². The summed E-state index contributed by atoms with van der Waals surface area (Å²) < 4.78 is 0. The van der Waals surface area contributed by atoms with Crippen molar-refractivity contribution < 1.29 is 9.59 Å². The highest BCUT2D eigenvalue weighted by Crippen LogP contribution is 2.33. The van der Waals surface area contributed by atoms with Gasteiger partial charge in [0.25, 0.3) is 11.5 Å². The lowest BCUT2D eigenvalue weighted by Gasteiger charge is -2.30. The van der Waals surface area contributed by atoms with Crippen LogP contribution in [0.5, 0.6) is 0 Å². The third kappa shape index (κ3) is 3.43. The molecule has 0 unspecified atom stereocenters. The van der Waals surface area contributed by atoms with Gasteiger partial charge in [-0.2, -0.15) is 0 Å². The number of hydrogen-bond donors (Lipinski definition) is 3. The van der Waals surface area contributed by atoms with Crippen LogP contribution in [0.1, 0.15) is 72.4 Å². The normalized spacial score (nSPS) is 25.9. The molecule has 1 aromatic rings. The van der Waals surface area contributed by atoms with Crippen LogP contribution in [-0.4, -0.2) is 28.8 Å². The molecule has 0 aromatic carbocycles. The van der Waals surface area contributed by atoms with Crippen molar-refractivity contribution in [2.24, 2.45) is 11.1 Å². The van der Waals surface area contributed by atoms with E-state index in [1.807, 2.05) is 13.8 Å². The first-order valence-electron chi connectivity index (χ1n) is 8.61. The molecule has 0 spiro atoms. The lowest BCUT2D eigenvalue weighted by Crippen LogP contribution is -2.42. The number of hydrogen-bond acceptors (Lipinski definition) is 4. The average molecular weight is 331 g/mol. The Morgan fingerprint density at radius 1 is 1.21 bits per heavy atom. The standard InChI is InChI=1S/C18H25N3O3/c1-18(2)8-14-12(15(22)9-18)7-13(17(24)21-14)16(23)20-11-5-3-10(19)4-6-11/h7,10-11H,3-6,8-9,19H2,1-2H3,(H,20,23)(H,21,24). The van der Waals surface area contributed by atoms with Gasteiger partial charge in [-0.1, -0.05) is 13.8 Å². The highest BCUT2D eigenvalue weighted by molar-refractivity contribution is 6.02. The summed E-state index contributed by atoms with van der Waals surface area (Å²) in [6.45, 7) is 4.00. The van der Waals surface area contributed by atoms with E-state index in [0.717, 1.165) is 25.7 Å². The summed E-state index contributed by atoms with van der Waals surface area (Å²) in [5, 5.41) is 2.91.